The molecular weight excluding hydrogens is 247 g/mol. The Morgan fingerprint density at radius 2 is 2.21 bits per heavy atom. The molecule has 0 saturated heterocycles. The quantitative estimate of drug-likeness (QED) is 0.817. The van der Waals surface area contributed by atoms with E-state index in [-0.39, 0.29) is 17.8 Å². The van der Waals surface area contributed by atoms with Crippen LogP contribution in [0.2, 0.25) is 0 Å². The van der Waals surface area contributed by atoms with Crippen LogP contribution in [0, 0.1) is 5.82 Å². The molecule has 0 bridgehead atoms. The number of halogens is 1. The van der Waals surface area contributed by atoms with Gasteiger partial charge < -0.3 is 15.0 Å². The molecule has 19 heavy (non-hydrogen) atoms. The number of hydrogen-bond acceptors (Lipinski definition) is 3. The fraction of sp³-hybridized carbons (Fsp3) is 0.500. The van der Waals surface area contributed by atoms with Crippen LogP contribution in [0.3, 0.4) is 0 Å². The predicted molar refractivity (Wildman–Crippen MR) is 72.7 cm³/mol. The number of likely N-dealkylation sites (N-methyl/N-ethyl adjacent to an activating group) is 1. The number of nitrogens with zero attached hydrogens (tertiary/aromatic N) is 1. The van der Waals surface area contributed by atoms with E-state index in [1.54, 1.807) is 24.1 Å². The fourth-order valence-corrected chi connectivity index (χ4v) is 1.41. The zero-order valence-corrected chi connectivity index (χ0v) is 11.6. The van der Waals surface area contributed by atoms with Crippen LogP contribution >= 0.6 is 0 Å². The number of hydrogen-bond donors (Lipinski definition) is 1. The van der Waals surface area contributed by atoms with E-state index >= 15 is 0 Å². The molecule has 0 aromatic heterocycles. The first kappa shape index (κ1) is 15.4. The lowest BCUT2D eigenvalue weighted by atomic mass is 10.3. The third-order valence-corrected chi connectivity index (χ3v) is 2.58. The molecule has 0 saturated carbocycles. The van der Waals surface area contributed by atoms with Gasteiger partial charge in [0.25, 0.3) is 0 Å². The summed E-state index contributed by atoms with van der Waals surface area (Å²) in [5.41, 5.74) is 0. The highest BCUT2D eigenvalue weighted by atomic mass is 19.1. The normalized spacial score (nSPS) is 10.6. The number of benzene rings is 1. The van der Waals surface area contributed by atoms with Crippen molar-refractivity contribution in [3.63, 3.8) is 0 Å². The van der Waals surface area contributed by atoms with Crippen LogP contribution < -0.4 is 10.1 Å². The van der Waals surface area contributed by atoms with Crippen molar-refractivity contribution in [2.75, 3.05) is 26.7 Å². The molecule has 1 rings (SSSR count). The second kappa shape index (κ2) is 7.74. The maximum absolute atomic E-state index is 12.9. The van der Waals surface area contributed by atoms with Crippen LogP contribution in [-0.4, -0.2) is 43.6 Å². The minimum atomic E-state index is -0.330. The van der Waals surface area contributed by atoms with E-state index in [2.05, 4.69) is 5.32 Å². The molecule has 5 heteroatoms. The SMILES string of the molecule is CC(C)NCC(=O)N(C)CCOc1cccc(F)c1. The summed E-state index contributed by atoms with van der Waals surface area (Å²) in [5.74, 6) is 0.153. The number of carbonyl (C=O) groups excluding carboxylic acids is 1. The van der Waals surface area contributed by atoms with Crippen molar-refractivity contribution in [2.24, 2.45) is 0 Å². The molecule has 0 aliphatic carbocycles. The Morgan fingerprint density at radius 1 is 1.47 bits per heavy atom. The van der Waals surface area contributed by atoms with E-state index in [1.807, 2.05) is 13.8 Å². The van der Waals surface area contributed by atoms with Crippen LogP contribution in [0.1, 0.15) is 13.8 Å². The van der Waals surface area contributed by atoms with Gasteiger partial charge in [0, 0.05) is 19.2 Å². The Balaban J connectivity index is 2.26. The molecule has 1 N–H and O–H groups in total. The topological polar surface area (TPSA) is 41.6 Å². The van der Waals surface area contributed by atoms with Gasteiger partial charge >= 0.3 is 0 Å². The monoisotopic (exact) mass is 268 g/mol. The molecule has 0 fully saturated rings. The summed E-state index contributed by atoms with van der Waals surface area (Å²) in [5, 5.41) is 3.06. The lowest BCUT2D eigenvalue weighted by Crippen LogP contribution is -2.39. The van der Waals surface area contributed by atoms with E-state index < -0.39 is 0 Å². The lowest BCUT2D eigenvalue weighted by molar-refractivity contribution is -0.129. The Hall–Kier alpha value is -1.62. The van der Waals surface area contributed by atoms with Crippen molar-refractivity contribution in [1.82, 2.24) is 10.2 Å². The lowest BCUT2D eigenvalue weighted by Gasteiger charge is -2.18. The number of nitrogens with one attached hydrogen (secondary N) is 1. The van der Waals surface area contributed by atoms with Crippen LogP contribution in [0.4, 0.5) is 4.39 Å². The molecule has 0 unspecified atom stereocenters. The molecule has 106 valence electrons. The van der Waals surface area contributed by atoms with E-state index in [0.717, 1.165) is 0 Å². The highest BCUT2D eigenvalue weighted by molar-refractivity contribution is 5.77. The molecule has 1 aromatic rings. The van der Waals surface area contributed by atoms with Crippen molar-refractivity contribution >= 4 is 5.91 Å². The molecule has 4 nitrogen and oxygen atoms in total. The standard InChI is InChI=1S/C14H21FN2O2/c1-11(2)16-10-14(18)17(3)7-8-19-13-6-4-5-12(15)9-13/h4-6,9,11,16H,7-8,10H2,1-3H3. The molecular formula is C14H21FN2O2. The Kier molecular flexibility index (Phi) is 6.29. The Bertz CT molecular complexity index is 410. The minimum absolute atomic E-state index is 0.0107. The predicted octanol–water partition coefficient (Wildman–Crippen LogP) is 1.66. The van der Waals surface area contributed by atoms with Crippen molar-refractivity contribution in [3.05, 3.63) is 30.1 Å². The Morgan fingerprint density at radius 3 is 2.84 bits per heavy atom. The maximum Gasteiger partial charge on any atom is 0.236 e. The molecule has 0 atom stereocenters. The van der Waals surface area contributed by atoms with Gasteiger partial charge in [-0.3, -0.25) is 4.79 Å². The van der Waals surface area contributed by atoms with Crippen LogP contribution in [0.5, 0.6) is 5.75 Å². The maximum atomic E-state index is 12.9. The van der Waals surface area contributed by atoms with Gasteiger partial charge in [0.15, 0.2) is 0 Å². The largest absolute Gasteiger partial charge is 0.492 e. The molecule has 0 heterocycles. The van der Waals surface area contributed by atoms with Gasteiger partial charge in [-0.2, -0.15) is 0 Å². The Labute approximate surface area is 113 Å². The van der Waals surface area contributed by atoms with Crippen molar-refractivity contribution < 1.29 is 13.9 Å². The van der Waals surface area contributed by atoms with Gasteiger partial charge in [-0.25, -0.2) is 4.39 Å². The number of ether oxygens (including phenoxy) is 1. The van der Waals surface area contributed by atoms with Crippen LogP contribution in [-0.2, 0) is 4.79 Å². The van der Waals surface area contributed by atoms with Crippen LogP contribution in [0.25, 0.3) is 0 Å². The van der Waals surface area contributed by atoms with E-state index in [9.17, 15) is 9.18 Å². The van der Waals surface area contributed by atoms with Gasteiger partial charge in [-0.15, -0.1) is 0 Å². The van der Waals surface area contributed by atoms with E-state index in [1.165, 1.54) is 12.1 Å². The highest BCUT2D eigenvalue weighted by Crippen LogP contribution is 2.11. The third kappa shape index (κ3) is 6.20. The minimum Gasteiger partial charge on any atom is -0.492 e. The fourth-order valence-electron chi connectivity index (χ4n) is 1.41. The van der Waals surface area contributed by atoms with E-state index in [0.29, 0.717) is 25.4 Å². The number of carbonyl (C=O) groups is 1. The molecule has 1 aromatic carbocycles. The molecule has 0 spiro atoms. The smallest absolute Gasteiger partial charge is 0.236 e. The summed E-state index contributed by atoms with van der Waals surface area (Å²) >= 11 is 0. The van der Waals surface area contributed by atoms with Gasteiger partial charge in [0.1, 0.15) is 18.2 Å². The van der Waals surface area contributed by atoms with Gasteiger partial charge in [-0.05, 0) is 12.1 Å². The summed E-state index contributed by atoms with van der Waals surface area (Å²) < 4.78 is 18.3. The zero-order valence-electron chi connectivity index (χ0n) is 11.6. The second-order valence-electron chi connectivity index (χ2n) is 4.66. The second-order valence-corrected chi connectivity index (χ2v) is 4.66. The van der Waals surface area contributed by atoms with Gasteiger partial charge in [0.2, 0.25) is 5.91 Å². The highest BCUT2D eigenvalue weighted by Gasteiger charge is 2.08. The number of amides is 1. The van der Waals surface area contributed by atoms with Gasteiger partial charge in [0.05, 0.1) is 13.1 Å². The molecule has 0 radical (unpaired) electrons. The van der Waals surface area contributed by atoms with E-state index in [4.69, 9.17) is 4.74 Å². The summed E-state index contributed by atoms with van der Waals surface area (Å²) in [6.45, 7) is 5.09. The summed E-state index contributed by atoms with van der Waals surface area (Å²) in [6, 6.07) is 6.24. The summed E-state index contributed by atoms with van der Waals surface area (Å²) in [6.07, 6.45) is 0. The first-order chi connectivity index (χ1) is 8.99. The van der Waals surface area contributed by atoms with Gasteiger partial charge in [-0.1, -0.05) is 19.9 Å². The first-order valence-corrected chi connectivity index (χ1v) is 6.34. The summed E-state index contributed by atoms with van der Waals surface area (Å²) in [4.78, 5) is 13.3. The van der Waals surface area contributed by atoms with Crippen molar-refractivity contribution in [3.8, 4) is 5.75 Å². The molecule has 1 amide bonds. The van der Waals surface area contributed by atoms with Crippen molar-refractivity contribution in [1.29, 1.82) is 0 Å². The average molecular weight is 268 g/mol. The third-order valence-electron chi connectivity index (χ3n) is 2.58. The zero-order chi connectivity index (χ0) is 14.3. The molecule has 0 aliphatic heterocycles. The average Bonchev–Trinajstić information content (AvgIpc) is 2.35. The van der Waals surface area contributed by atoms with Crippen LogP contribution in [0.15, 0.2) is 24.3 Å². The summed E-state index contributed by atoms with van der Waals surface area (Å²) in [7, 11) is 1.72. The number of rotatable bonds is 7. The van der Waals surface area contributed by atoms with Crippen molar-refractivity contribution in [2.45, 2.75) is 19.9 Å². The molecule has 0 aliphatic rings. The first-order valence-electron chi connectivity index (χ1n) is 6.34.